The monoisotopic (exact) mass is 527 g/mol. The average Bonchev–Trinajstić information content (AvgIpc) is 3.52. The highest BCUT2D eigenvalue weighted by molar-refractivity contribution is 5.97. The minimum absolute atomic E-state index is 0.346. The number of hydrogen-bond acceptors (Lipinski definition) is 5. The lowest BCUT2D eigenvalue weighted by atomic mass is 9.97. The number of anilines is 1. The van der Waals surface area contributed by atoms with Crippen LogP contribution in [0.2, 0.25) is 0 Å². The first-order valence-electron chi connectivity index (χ1n) is 14.6. The summed E-state index contributed by atoms with van der Waals surface area (Å²) in [5, 5.41) is 3.63. The second-order valence-corrected chi connectivity index (χ2v) is 10.5. The van der Waals surface area contributed by atoms with Gasteiger partial charge in [0.2, 0.25) is 5.95 Å². The van der Waals surface area contributed by atoms with E-state index in [4.69, 9.17) is 14.7 Å². The summed E-state index contributed by atoms with van der Waals surface area (Å²) in [6.07, 6.45) is 12.8. The first-order chi connectivity index (χ1) is 19.1. The van der Waals surface area contributed by atoms with Crippen LogP contribution in [0.15, 0.2) is 48.0 Å². The first-order valence-corrected chi connectivity index (χ1v) is 14.6. The number of benzene rings is 2. The number of unbranched alkanes of at least 4 members (excludes halogenated alkanes) is 2. The molecule has 5 rings (SSSR count). The quantitative estimate of drug-likeness (QED) is 0.116. The number of nitrogens with one attached hydrogen (secondary N) is 1. The van der Waals surface area contributed by atoms with Gasteiger partial charge >= 0.3 is 5.97 Å². The van der Waals surface area contributed by atoms with Crippen molar-refractivity contribution in [3.05, 3.63) is 53.6 Å². The number of methoxy groups -OCH3 is 1. The summed E-state index contributed by atoms with van der Waals surface area (Å²) in [6, 6.07) is 12.0. The maximum atomic E-state index is 12.2. The number of hydrogen-bond donors (Lipinski definition) is 1. The number of nitrogens with zero attached hydrogens (tertiary/aromatic N) is 4. The summed E-state index contributed by atoms with van der Waals surface area (Å²) in [5.41, 5.74) is 7.09. The molecule has 0 saturated heterocycles. The van der Waals surface area contributed by atoms with E-state index in [0.29, 0.717) is 5.56 Å². The Morgan fingerprint density at radius 2 is 1.87 bits per heavy atom. The average molecular weight is 528 g/mol. The summed E-state index contributed by atoms with van der Waals surface area (Å²) in [6.45, 7) is 7.07. The molecule has 0 unspecified atom stereocenters. The van der Waals surface area contributed by atoms with Gasteiger partial charge in [0, 0.05) is 25.2 Å². The van der Waals surface area contributed by atoms with E-state index < -0.39 is 0 Å². The molecule has 0 aliphatic heterocycles. The van der Waals surface area contributed by atoms with Crippen molar-refractivity contribution >= 4 is 34.0 Å². The molecule has 7 nitrogen and oxygen atoms in total. The maximum absolute atomic E-state index is 12.2. The van der Waals surface area contributed by atoms with Gasteiger partial charge in [-0.1, -0.05) is 44.4 Å². The smallest absolute Gasteiger partial charge is 0.337 e. The van der Waals surface area contributed by atoms with E-state index in [1.807, 2.05) is 18.2 Å². The van der Waals surface area contributed by atoms with Crippen LogP contribution in [0.25, 0.3) is 33.5 Å². The highest BCUT2D eigenvalue weighted by atomic mass is 16.5. The predicted molar refractivity (Wildman–Crippen MR) is 159 cm³/mol. The van der Waals surface area contributed by atoms with Crippen LogP contribution in [-0.2, 0) is 17.8 Å². The zero-order valence-electron chi connectivity index (χ0n) is 23.6. The Bertz CT molecular complexity index is 1480. The number of fused-ring (bicyclic) bond motifs is 2. The molecule has 7 heteroatoms. The van der Waals surface area contributed by atoms with Gasteiger partial charge in [0.1, 0.15) is 5.82 Å². The molecular formula is C32H41N5O2. The zero-order valence-corrected chi connectivity index (χ0v) is 23.6. The lowest BCUT2D eigenvalue weighted by Gasteiger charge is -2.16. The second kappa shape index (κ2) is 12.5. The molecule has 1 aliphatic rings. The molecule has 1 N–H and O–H groups in total. The minimum Gasteiger partial charge on any atom is -0.465 e. The Morgan fingerprint density at radius 1 is 1.00 bits per heavy atom. The fourth-order valence-electron chi connectivity index (χ4n) is 5.61. The van der Waals surface area contributed by atoms with Crippen LogP contribution in [0.1, 0.15) is 82.0 Å². The molecule has 1 aliphatic carbocycles. The molecule has 0 fully saturated rings. The SMILES string of the molecule is CCCCNc1nc2cccc(-c3nc4cc(C(=O)OC)ccc4n3CCCC)c2n1CCC1=CCCCC1. The summed E-state index contributed by atoms with van der Waals surface area (Å²) in [4.78, 5) is 22.4. The Kier molecular flexibility index (Phi) is 8.64. The van der Waals surface area contributed by atoms with Gasteiger partial charge in [-0.25, -0.2) is 14.8 Å². The van der Waals surface area contributed by atoms with Crippen LogP contribution in [0.3, 0.4) is 0 Å². The number of aryl methyl sites for hydroxylation is 2. The maximum Gasteiger partial charge on any atom is 0.337 e. The van der Waals surface area contributed by atoms with Gasteiger partial charge in [0.05, 0.1) is 34.7 Å². The zero-order chi connectivity index (χ0) is 27.2. The fraction of sp³-hybridized carbons (Fsp3) is 0.469. The Labute approximate surface area is 231 Å². The van der Waals surface area contributed by atoms with E-state index in [2.05, 4.69) is 52.6 Å². The van der Waals surface area contributed by atoms with Gasteiger partial charge < -0.3 is 19.2 Å². The van der Waals surface area contributed by atoms with Crippen LogP contribution in [0.4, 0.5) is 5.95 Å². The highest BCUT2D eigenvalue weighted by Crippen LogP contribution is 2.34. The molecule has 0 spiro atoms. The molecule has 0 radical (unpaired) electrons. The largest absolute Gasteiger partial charge is 0.465 e. The van der Waals surface area contributed by atoms with Crippen molar-refractivity contribution in [2.75, 3.05) is 19.0 Å². The molecule has 0 amide bonds. The third kappa shape index (κ3) is 5.72. The van der Waals surface area contributed by atoms with Gasteiger partial charge in [-0.3, -0.25) is 0 Å². The summed E-state index contributed by atoms with van der Waals surface area (Å²) in [7, 11) is 1.41. The van der Waals surface area contributed by atoms with Crippen molar-refractivity contribution < 1.29 is 9.53 Å². The molecule has 4 aromatic rings. The van der Waals surface area contributed by atoms with Crippen LogP contribution in [-0.4, -0.2) is 38.7 Å². The number of rotatable bonds is 12. The Balaban J connectivity index is 1.65. The van der Waals surface area contributed by atoms with Gasteiger partial charge in [-0.05, 0) is 75.3 Å². The second-order valence-electron chi connectivity index (χ2n) is 10.5. The number of para-hydroxylation sites is 1. The standard InChI is InChI=1S/C32H41N5O2/c1-4-6-19-33-32-35-26-15-11-14-25(29(26)37(32)21-18-23-12-9-8-10-13-23)30-34-27-22-24(31(38)39-3)16-17-28(27)36(30)20-7-5-2/h11-12,14-17,22H,4-10,13,18-21H2,1-3H3,(H,33,35). The number of allylic oxidation sites excluding steroid dienone is 2. The number of carbonyl (C=O) groups excluding carboxylic acids is 1. The number of imidazole rings is 2. The van der Waals surface area contributed by atoms with Crippen molar-refractivity contribution in [3.63, 3.8) is 0 Å². The fourth-order valence-corrected chi connectivity index (χ4v) is 5.61. The van der Waals surface area contributed by atoms with E-state index in [0.717, 1.165) is 91.1 Å². The lowest BCUT2D eigenvalue weighted by Crippen LogP contribution is -2.10. The third-order valence-electron chi connectivity index (χ3n) is 7.77. The first kappa shape index (κ1) is 27.0. The van der Waals surface area contributed by atoms with Crippen molar-refractivity contribution in [2.45, 2.75) is 84.7 Å². The third-order valence-corrected chi connectivity index (χ3v) is 7.77. The summed E-state index contributed by atoms with van der Waals surface area (Å²) in [5.74, 6) is 1.51. The normalized spacial score (nSPS) is 13.7. The van der Waals surface area contributed by atoms with Crippen LogP contribution in [0.5, 0.6) is 0 Å². The van der Waals surface area contributed by atoms with E-state index in [-0.39, 0.29) is 5.97 Å². The van der Waals surface area contributed by atoms with Crippen LogP contribution >= 0.6 is 0 Å². The number of aromatic nitrogens is 4. The number of carbonyl (C=O) groups is 1. The molecule has 2 heterocycles. The Morgan fingerprint density at radius 3 is 2.64 bits per heavy atom. The summed E-state index contributed by atoms with van der Waals surface area (Å²) >= 11 is 0. The molecular weight excluding hydrogens is 486 g/mol. The van der Waals surface area contributed by atoms with E-state index in [1.54, 1.807) is 5.57 Å². The molecule has 0 atom stereocenters. The van der Waals surface area contributed by atoms with E-state index in [9.17, 15) is 4.79 Å². The van der Waals surface area contributed by atoms with Crippen LogP contribution in [0, 0.1) is 0 Å². The van der Waals surface area contributed by atoms with Crippen LogP contribution < -0.4 is 5.32 Å². The van der Waals surface area contributed by atoms with Gasteiger partial charge in [-0.15, -0.1) is 0 Å². The van der Waals surface area contributed by atoms with Gasteiger partial charge in [0.25, 0.3) is 0 Å². The van der Waals surface area contributed by atoms with E-state index >= 15 is 0 Å². The molecule has 0 saturated carbocycles. The van der Waals surface area contributed by atoms with Crippen molar-refractivity contribution in [1.29, 1.82) is 0 Å². The van der Waals surface area contributed by atoms with Crippen molar-refractivity contribution in [1.82, 2.24) is 19.1 Å². The molecule has 0 bridgehead atoms. The van der Waals surface area contributed by atoms with E-state index in [1.165, 1.54) is 32.8 Å². The molecule has 2 aromatic carbocycles. The number of ether oxygens (including phenoxy) is 1. The van der Waals surface area contributed by atoms with Crippen molar-refractivity contribution in [2.24, 2.45) is 0 Å². The highest BCUT2D eigenvalue weighted by Gasteiger charge is 2.21. The number of esters is 1. The summed E-state index contributed by atoms with van der Waals surface area (Å²) < 4.78 is 9.65. The van der Waals surface area contributed by atoms with Gasteiger partial charge in [-0.2, -0.15) is 0 Å². The topological polar surface area (TPSA) is 74.0 Å². The minimum atomic E-state index is -0.346. The predicted octanol–water partition coefficient (Wildman–Crippen LogP) is 7.74. The lowest BCUT2D eigenvalue weighted by molar-refractivity contribution is 0.0601. The Hall–Kier alpha value is -3.61. The molecule has 2 aromatic heterocycles. The van der Waals surface area contributed by atoms with Crippen molar-refractivity contribution in [3.8, 4) is 11.4 Å². The van der Waals surface area contributed by atoms with Gasteiger partial charge in [0.15, 0.2) is 0 Å². The molecule has 206 valence electrons. The molecule has 39 heavy (non-hydrogen) atoms.